The van der Waals surface area contributed by atoms with Gasteiger partial charge >= 0.3 is 0 Å². The molecule has 0 saturated carbocycles. The average Bonchev–Trinajstić information content (AvgIpc) is 3.33. The molecule has 1 aromatic carbocycles. The molecule has 2 atom stereocenters. The minimum atomic E-state index is -0.444. The Balaban J connectivity index is 1.79. The first-order valence-corrected chi connectivity index (χ1v) is 9.98. The minimum absolute atomic E-state index is 0.0831. The summed E-state index contributed by atoms with van der Waals surface area (Å²) in [5.41, 5.74) is 2.66. The summed E-state index contributed by atoms with van der Waals surface area (Å²) in [6.45, 7) is 1.17. The number of halogens is 2. The fourth-order valence-corrected chi connectivity index (χ4v) is 4.17. The molecule has 3 heterocycles. The molecule has 0 bridgehead atoms. The number of aromatic nitrogens is 2. The molecule has 0 aliphatic carbocycles. The van der Waals surface area contributed by atoms with Gasteiger partial charge in [-0.15, -0.1) is 0 Å². The molecule has 0 amide bonds. The Labute approximate surface area is 179 Å². The van der Waals surface area contributed by atoms with Crippen LogP contribution in [-0.4, -0.2) is 39.8 Å². The topological polar surface area (TPSA) is 42.3 Å². The summed E-state index contributed by atoms with van der Waals surface area (Å²) in [6.07, 6.45) is 3.71. The van der Waals surface area contributed by atoms with E-state index >= 15 is 0 Å². The van der Waals surface area contributed by atoms with Gasteiger partial charge in [0.2, 0.25) is 0 Å². The number of nitrogens with one attached hydrogen (secondary N) is 1. The number of benzene rings is 1. The third-order valence-corrected chi connectivity index (χ3v) is 5.64. The Hall–Kier alpha value is -2.48. The van der Waals surface area contributed by atoms with Crippen molar-refractivity contribution < 1.29 is 9.13 Å². The summed E-state index contributed by atoms with van der Waals surface area (Å²) < 4.78 is 21.0. The van der Waals surface area contributed by atoms with E-state index in [2.05, 4.69) is 15.2 Å². The zero-order valence-corrected chi connectivity index (χ0v) is 17.3. The number of methoxy groups -OCH3 is 1. The maximum Gasteiger partial charge on any atom is 0.170 e. The quantitative estimate of drug-likeness (QED) is 0.591. The van der Waals surface area contributed by atoms with Crippen molar-refractivity contribution in [3.05, 3.63) is 83.2 Å². The number of ether oxygens (including phenoxy) is 1. The first-order valence-electron chi connectivity index (χ1n) is 9.20. The standard InChI is InChI=1S/C21H20ClFN4OS/c1-28-12-11-27-20(19(25-21(27)29)17-5-2-3-9-24-17)18-6-4-10-26(18)14-7-8-16(23)15(22)13-14/h2-10,13,19-20H,11-12H2,1H3,(H,25,29)/t19-,20+/m0/s1. The third-order valence-electron chi connectivity index (χ3n) is 5.00. The van der Waals surface area contributed by atoms with E-state index in [1.165, 1.54) is 6.07 Å². The average molecular weight is 431 g/mol. The van der Waals surface area contributed by atoms with E-state index in [1.54, 1.807) is 25.4 Å². The lowest BCUT2D eigenvalue weighted by Gasteiger charge is -2.28. The summed E-state index contributed by atoms with van der Waals surface area (Å²) in [5, 5.41) is 4.14. The number of thiocarbonyl (C=S) groups is 1. The lowest BCUT2D eigenvalue weighted by atomic mass is 10.0. The predicted molar refractivity (Wildman–Crippen MR) is 115 cm³/mol. The molecule has 29 heavy (non-hydrogen) atoms. The van der Waals surface area contributed by atoms with E-state index in [1.807, 2.05) is 41.1 Å². The predicted octanol–water partition coefficient (Wildman–Crippen LogP) is 4.28. The van der Waals surface area contributed by atoms with Gasteiger partial charge in [0.05, 0.1) is 29.4 Å². The van der Waals surface area contributed by atoms with Crippen molar-refractivity contribution in [3.8, 4) is 5.69 Å². The van der Waals surface area contributed by atoms with Gasteiger partial charge in [-0.25, -0.2) is 4.39 Å². The van der Waals surface area contributed by atoms with Crippen LogP contribution in [0, 0.1) is 5.82 Å². The number of hydrogen-bond acceptors (Lipinski definition) is 3. The van der Waals surface area contributed by atoms with E-state index in [4.69, 9.17) is 28.6 Å². The summed E-state index contributed by atoms with van der Waals surface area (Å²) in [6, 6.07) is 14.3. The smallest absolute Gasteiger partial charge is 0.170 e. The largest absolute Gasteiger partial charge is 0.383 e. The molecular formula is C21H20ClFN4OS. The van der Waals surface area contributed by atoms with E-state index in [9.17, 15) is 4.39 Å². The highest BCUT2D eigenvalue weighted by molar-refractivity contribution is 7.80. The molecule has 3 aromatic rings. The molecule has 1 fully saturated rings. The van der Waals surface area contributed by atoms with Crippen molar-refractivity contribution in [1.29, 1.82) is 0 Å². The highest BCUT2D eigenvalue weighted by atomic mass is 35.5. The zero-order chi connectivity index (χ0) is 20.4. The summed E-state index contributed by atoms with van der Waals surface area (Å²) in [7, 11) is 1.67. The van der Waals surface area contributed by atoms with Crippen LogP contribution in [0.3, 0.4) is 0 Å². The summed E-state index contributed by atoms with van der Waals surface area (Å²) >= 11 is 11.7. The Morgan fingerprint density at radius 1 is 1.24 bits per heavy atom. The van der Waals surface area contributed by atoms with Gasteiger partial charge < -0.3 is 19.5 Å². The Morgan fingerprint density at radius 2 is 2.10 bits per heavy atom. The van der Waals surface area contributed by atoms with Crippen LogP contribution in [0.15, 0.2) is 60.9 Å². The lowest BCUT2D eigenvalue weighted by Crippen LogP contribution is -2.33. The van der Waals surface area contributed by atoms with Crippen LogP contribution in [0.5, 0.6) is 0 Å². The van der Waals surface area contributed by atoms with Crippen molar-refractivity contribution in [2.45, 2.75) is 12.1 Å². The highest BCUT2D eigenvalue weighted by Gasteiger charge is 2.41. The van der Waals surface area contributed by atoms with Crippen molar-refractivity contribution >= 4 is 28.9 Å². The third kappa shape index (κ3) is 3.85. The highest BCUT2D eigenvalue weighted by Crippen LogP contribution is 2.39. The van der Waals surface area contributed by atoms with Crippen LogP contribution in [0.4, 0.5) is 4.39 Å². The SMILES string of the molecule is COCCN1C(=S)N[C@@H](c2ccccn2)[C@H]1c1cccn1-c1ccc(F)c(Cl)c1. The van der Waals surface area contributed by atoms with E-state index in [0.29, 0.717) is 18.3 Å². The Kier molecular flexibility index (Phi) is 5.80. The lowest BCUT2D eigenvalue weighted by molar-refractivity contribution is 0.163. The van der Waals surface area contributed by atoms with Crippen molar-refractivity contribution in [2.24, 2.45) is 0 Å². The molecule has 8 heteroatoms. The zero-order valence-electron chi connectivity index (χ0n) is 15.8. The molecule has 1 aliphatic heterocycles. The molecule has 4 rings (SSSR count). The molecular weight excluding hydrogens is 411 g/mol. The monoisotopic (exact) mass is 430 g/mol. The van der Waals surface area contributed by atoms with Crippen LogP contribution in [0.1, 0.15) is 23.5 Å². The summed E-state index contributed by atoms with van der Waals surface area (Å²) in [4.78, 5) is 6.64. The van der Waals surface area contributed by atoms with Gasteiger partial charge in [-0.1, -0.05) is 17.7 Å². The molecule has 5 nitrogen and oxygen atoms in total. The van der Waals surface area contributed by atoms with E-state index in [-0.39, 0.29) is 17.1 Å². The Bertz CT molecular complexity index is 1010. The van der Waals surface area contributed by atoms with Crippen LogP contribution in [0.2, 0.25) is 5.02 Å². The van der Waals surface area contributed by atoms with Crippen LogP contribution >= 0.6 is 23.8 Å². The number of rotatable bonds is 6. The molecule has 1 saturated heterocycles. The van der Waals surface area contributed by atoms with Crippen molar-refractivity contribution in [1.82, 2.24) is 19.8 Å². The Morgan fingerprint density at radius 3 is 2.83 bits per heavy atom. The first kappa shape index (κ1) is 19.8. The maximum absolute atomic E-state index is 13.7. The molecule has 1 aliphatic rings. The first-order chi connectivity index (χ1) is 14.1. The van der Waals surface area contributed by atoms with Crippen LogP contribution < -0.4 is 5.32 Å². The molecule has 2 aromatic heterocycles. The van der Waals surface area contributed by atoms with Crippen molar-refractivity contribution in [3.63, 3.8) is 0 Å². The van der Waals surface area contributed by atoms with Gasteiger partial charge in [-0.05, 0) is 54.7 Å². The van der Waals surface area contributed by atoms with Gasteiger partial charge in [-0.3, -0.25) is 4.98 Å². The number of pyridine rings is 1. The number of hydrogen-bond donors (Lipinski definition) is 1. The summed E-state index contributed by atoms with van der Waals surface area (Å²) in [5.74, 6) is -0.444. The number of nitrogens with zero attached hydrogens (tertiary/aromatic N) is 3. The van der Waals surface area contributed by atoms with Gasteiger partial charge in [-0.2, -0.15) is 0 Å². The second kappa shape index (κ2) is 8.49. The maximum atomic E-state index is 13.7. The van der Waals surface area contributed by atoms with Gasteiger partial charge in [0.25, 0.3) is 0 Å². The molecule has 0 spiro atoms. The van der Waals surface area contributed by atoms with E-state index < -0.39 is 5.82 Å². The second-order valence-corrected chi connectivity index (χ2v) is 7.51. The van der Waals surface area contributed by atoms with Crippen LogP contribution in [0.25, 0.3) is 5.69 Å². The normalized spacial score (nSPS) is 18.9. The fourth-order valence-electron chi connectivity index (χ4n) is 3.66. The molecule has 1 N–H and O–H groups in total. The van der Waals surface area contributed by atoms with E-state index in [0.717, 1.165) is 17.1 Å². The molecule has 0 unspecified atom stereocenters. The fraction of sp³-hybridized carbons (Fsp3) is 0.238. The van der Waals surface area contributed by atoms with Crippen LogP contribution in [-0.2, 0) is 4.74 Å². The van der Waals surface area contributed by atoms with Crippen molar-refractivity contribution in [2.75, 3.05) is 20.3 Å². The van der Waals surface area contributed by atoms with Gasteiger partial charge in [0, 0.05) is 37.4 Å². The van der Waals surface area contributed by atoms with Gasteiger partial charge in [0.15, 0.2) is 5.11 Å². The molecule has 150 valence electrons. The second-order valence-electron chi connectivity index (χ2n) is 6.71. The minimum Gasteiger partial charge on any atom is -0.383 e. The van der Waals surface area contributed by atoms with Gasteiger partial charge in [0.1, 0.15) is 5.82 Å². The molecule has 0 radical (unpaired) electrons.